The molecule has 6 heteroatoms. The Bertz CT molecular complexity index is 525. The molecule has 0 saturated carbocycles. The highest BCUT2D eigenvalue weighted by Crippen LogP contribution is 2.22. The van der Waals surface area contributed by atoms with E-state index < -0.39 is 6.61 Å². The molecule has 0 spiro atoms. The maximum absolute atomic E-state index is 12.0. The van der Waals surface area contributed by atoms with E-state index in [0.717, 1.165) is 17.7 Å². The molecule has 0 aliphatic heterocycles. The van der Waals surface area contributed by atoms with Crippen LogP contribution in [0.4, 0.5) is 8.78 Å². The number of alkyl halides is 2. The summed E-state index contributed by atoms with van der Waals surface area (Å²) < 4.78 is 30.1. The zero-order chi connectivity index (χ0) is 13.8. The molecule has 0 aliphatic rings. The number of benzene rings is 1. The van der Waals surface area contributed by atoms with E-state index >= 15 is 0 Å². The summed E-state index contributed by atoms with van der Waals surface area (Å²) in [7, 11) is 0. The standard InChI is InChI=1S/C13H15F2N3O/c1-2-18-8-10(7-17-18)12(16)9-3-5-11(6-4-9)19-13(14)15/h3-8,12-13H,2,16H2,1H3. The van der Waals surface area contributed by atoms with Gasteiger partial charge in [-0.05, 0) is 24.6 Å². The van der Waals surface area contributed by atoms with Gasteiger partial charge in [0, 0.05) is 18.3 Å². The van der Waals surface area contributed by atoms with Crippen LogP contribution in [0.5, 0.6) is 5.75 Å². The first-order chi connectivity index (χ1) is 9.10. The fraction of sp³-hybridized carbons (Fsp3) is 0.308. The number of nitrogens with zero attached hydrogens (tertiary/aromatic N) is 2. The average molecular weight is 267 g/mol. The molecular weight excluding hydrogens is 252 g/mol. The van der Waals surface area contributed by atoms with Crippen LogP contribution >= 0.6 is 0 Å². The minimum Gasteiger partial charge on any atom is -0.435 e. The molecule has 4 nitrogen and oxygen atoms in total. The monoisotopic (exact) mass is 267 g/mol. The van der Waals surface area contributed by atoms with Gasteiger partial charge in [0.15, 0.2) is 0 Å². The van der Waals surface area contributed by atoms with Crippen molar-refractivity contribution in [2.75, 3.05) is 0 Å². The number of aryl methyl sites for hydroxylation is 1. The molecular formula is C13H15F2N3O. The van der Waals surface area contributed by atoms with Crippen LogP contribution in [-0.2, 0) is 6.54 Å². The zero-order valence-electron chi connectivity index (χ0n) is 10.5. The van der Waals surface area contributed by atoms with Crippen molar-refractivity contribution in [3.05, 3.63) is 47.8 Å². The molecule has 1 aromatic carbocycles. The molecule has 0 radical (unpaired) electrons. The van der Waals surface area contributed by atoms with Crippen LogP contribution in [0.3, 0.4) is 0 Å². The third kappa shape index (κ3) is 3.29. The van der Waals surface area contributed by atoms with Crippen molar-refractivity contribution >= 4 is 0 Å². The summed E-state index contributed by atoms with van der Waals surface area (Å²) in [5.74, 6) is 0.121. The van der Waals surface area contributed by atoms with Gasteiger partial charge in [-0.1, -0.05) is 12.1 Å². The Labute approximate surface area is 109 Å². The summed E-state index contributed by atoms with van der Waals surface area (Å²) in [5, 5.41) is 4.15. The van der Waals surface area contributed by atoms with Crippen molar-refractivity contribution in [2.24, 2.45) is 5.73 Å². The van der Waals surface area contributed by atoms with Gasteiger partial charge < -0.3 is 10.5 Å². The molecule has 1 heterocycles. The van der Waals surface area contributed by atoms with Gasteiger partial charge >= 0.3 is 6.61 Å². The van der Waals surface area contributed by atoms with E-state index in [-0.39, 0.29) is 11.8 Å². The summed E-state index contributed by atoms with van der Waals surface area (Å²) in [6.07, 6.45) is 3.58. The molecule has 1 unspecified atom stereocenters. The molecule has 0 amide bonds. The summed E-state index contributed by atoms with van der Waals surface area (Å²) in [5.41, 5.74) is 7.79. The van der Waals surface area contributed by atoms with Gasteiger partial charge in [0.05, 0.1) is 12.2 Å². The summed E-state index contributed by atoms with van der Waals surface area (Å²) in [6.45, 7) is -0.0607. The number of rotatable bonds is 5. The fourth-order valence-corrected chi connectivity index (χ4v) is 1.76. The van der Waals surface area contributed by atoms with E-state index in [0.29, 0.717) is 0 Å². The Morgan fingerprint density at radius 1 is 1.26 bits per heavy atom. The first kappa shape index (κ1) is 13.5. The Balaban J connectivity index is 2.12. The normalized spacial score (nSPS) is 12.7. The van der Waals surface area contributed by atoms with Gasteiger partial charge in [0.2, 0.25) is 0 Å². The highest BCUT2D eigenvalue weighted by molar-refractivity contribution is 5.33. The van der Waals surface area contributed by atoms with Crippen LogP contribution < -0.4 is 10.5 Å². The van der Waals surface area contributed by atoms with Crippen molar-refractivity contribution in [3.8, 4) is 5.75 Å². The highest BCUT2D eigenvalue weighted by Gasteiger charge is 2.12. The van der Waals surface area contributed by atoms with Crippen molar-refractivity contribution < 1.29 is 13.5 Å². The summed E-state index contributed by atoms with van der Waals surface area (Å²) in [6, 6.07) is 5.97. The van der Waals surface area contributed by atoms with E-state index in [1.165, 1.54) is 12.1 Å². The SMILES string of the molecule is CCn1cc(C(N)c2ccc(OC(F)F)cc2)cn1. The topological polar surface area (TPSA) is 53.1 Å². The lowest BCUT2D eigenvalue weighted by Crippen LogP contribution is -2.11. The predicted molar refractivity (Wildman–Crippen MR) is 67.0 cm³/mol. The molecule has 0 saturated heterocycles. The largest absolute Gasteiger partial charge is 0.435 e. The zero-order valence-corrected chi connectivity index (χ0v) is 10.5. The fourth-order valence-electron chi connectivity index (χ4n) is 1.76. The van der Waals surface area contributed by atoms with Gasteiger partial charge in [-0.15, -0.1) is 0 Å². The second kappa shape index (κ2) is 5.79. The Morgan fingerprint density at radius 2 is 1.95 bits per heavy atom. The smallest absolute Gasteiger partial charge is 0.387 e. The molecule has 1 aromatic heterocycles. The minimum atomic E-state index is -2.82. The van der Waals surface area contributed by atoms with Gasteiger partial charge in [0.25, 0.3) is 0 Å². The number of halogens is 2. The molecule has 2 aromatic rings. The van der Waals surface area contributed by atoms with Crippen molar-refractivity contribution in [1.82, 2.24) is 9.78 Å². The molecule has 2 N–H and O–H groups in total. The number of hydrogen-bond acceptors (Lipinski definition) is 3. The molecule has 19 heavy (non-hydrogen) atoms. The van der Waals surface area contributed by atoms with Crippen LogP contribution in [0.15, 0.2) is 36.7 Å². The highest BCUT2D eigenvalue weighted by atomic mass is 19.3. The lowest BCUT2D eigenvalue weighted by molar-refractivity contribution is -0.0498. The second-order valence-electron chi connectivity index (χ2n) is 4.05. The average Bonchev–Trinajstić information content (AvgIpc) is 2.87. The maximum Gasteiger partial charge on any atom is 0.387 e. The first-order valence-electron chi connectivity index (χ1n) is 5.93. The quantitative estimate of drug-likeness (QED) is 0.905. The molecule has 0 bridgehead atoms. The number of nitrogens with two attached hydrogens (primary N) is 1. The van der Waals surface area contributed by atoms with Crippen molar-refractivity contribution in [2.45, 2.75) is 26.1 Å². The predicted octanol–water partition coefficient (Wildman–Crippen LogP) is 2.55. The lowest BCUT2D eigenvalue weighted by Gasteiger charge is -2.11. The van der Waals surface area contributed by atoms with E-state index in [9.17, 15) is 8.78 Å². The summed E-state index contributed by atoms with van der Waals surface area (Å²) in [4.78, 5) is 0. The minimum absolute atomic E-state index is 0.121. The van der Waals surface area contributed by atoms with E-state index in [2.05, 4.69) is 9.84 Å². The van der Waals surface area contributed by atoms with Crippen molar-refractivity contribution in [3.63, 3.8) is 0 Å². The van der Waals surface area contributed by atoms with Crippen molar-refractivity contribution in [1.29, 1.82) is 0 Å². The van der Waals surface area contributed by atoms with E-state index in [4.69, 9.17) is 5.73 Å². The Morgan fingerprint density at radius 3 is 2.47 bits per heavy atom. The van der Waals surface area contributed by atoms with Gasteiger partial charge in [0.1, 0.15) is 5.75 Å². The number of hydrogen-bond donors (Lipinski definition) is 1. The van der Waals surface area contributed by atoms with Gasteiger partial charge in [-0.2, -0.15) is 13.9 Å². The molecule has 0 fully saturated rings. The van der Waals surface area contributed by atoms with Crippen LogP contribution in [0, 0.1) is 0 Å². The van der Waals surface area contributed by atoms with Gasteiger partial charge in [-0.3, -0.25) is 4.68 Å². The van der Waals surface area contributed by atoms with Gasteiger partial charge in [-0.25, -0.2) is 0 Å². The van der Waals surface area contributed by atoms with Crippen LogP contribution in [0.1, 0.15) is 24.1 Å². The second-order valence-corrected chi connectivity index (χ2v) is 4.05. The van der Waals surface area contributed by atoms with Crippen LogP contribution in [0.2, 0.25) is 0 Å². The van der Waals surface area contributed by atoms with E-state index in [1.54, 1.807) is 23.0 Å². The number of aromatic nitrogens is 2. The van der Waals surface area contributed by atoms with Crippen LogP contribution in [-0.4, -0.2) is 16.4 Å². The first-order valence-corrected chi connectivity index (χ1v) is 5.93. The van der Waals surface area contributed by atoms with E-state index in [1.807, 2.05) is 13.1 Å². The molecule has 0 aliphatic carbocycles. The van der Waals surface area contributed by atoms with Crippen LogP contribution in [0.25, 0.3) is 0 Å². The molecule has 102 valence electrons. The maximum atomic E-state index is 12.0. The Hall–Kier alpha value is -1.95. The molecule has 2 rings (SSSR count). The Kier molecular flexibility index (Phi) is 4.11. The lowest BCUT2D eigenvalue weighted by atomic mass is 10.0. The third-order valence-corrected chi connectivity index (χ3v) is 2.80. The third-order valence-electron chi connectivity index (χ3n) is 2.80. The summed E-state index contributed by atoms with van der Waals surface area (Å²) >= 11 is 0. The molecule has 1 atom stereocenters. The number of ether oxygens (including phenoxy) is 1.